The maximum absolute atomic E-state index is 10.4. The maximum atomic E-state index is 10.4. The van der Waals surface area contributed by atoms with Gasteiger partial charge in [0, 0.05) is 0 Å². The van der Waals surface area contributed by atoms with Crippen molar-refractivity contribution in [1.29, 1.82) is 0 Å². The lowest BCUT2D eigenvalue weighted by Crippen LogP contribution is -2.33. The number of allylic oxidation sites excluding steroid dienone is 2. The summed E-state index contributed by atoms with van der Waals surface area (Å²) < 4.78 is 0. The van der Waals surface area contributed by atoms with Crippen molar-refractivity contribution in [3.8, 4) is 22.6 Å². The summed E-state index contributed by atoms with van der Waals surface area (Å²) in [4.78, 5) is 0. The minimum atomic E-state index is -1.03. The third-order valence-electron chi connectivity index (χ3n) is 5.97. The highest BCUT2D eigenvalue weighted by Crippen LogP contribution is 2.57. The van der Waals surface area contributed by atoms with E-state index in [1.54, 1.807) is 24.3 Å². The molecule has 0 aliphatic heterocycles. The lowest BCUT2D eigenvalue weighted by molar-refractivity contribution is 0.0782. The Hall–Kier alpha value is -3.34. The van der Waals surface area contributed by atoms with Crippen molar-refractivity contribution < 1.29 is 20.4 Å². The number of aliphatic hydroxyl groups is 2. The Bertz CT molecular complexity index is 1130. The van der Waals surface area contributed by atoms with Gasteiger partial charge in [0.2, 0.25) is 0 Å². The minimum absolute atomic E-state index is 0.188. The van der Waals surface area contributed by atoms with Gasteiger partial charge in [0.05, 0.1) is 5.41 Å². The van der Waals surface area contributed by atoms with E-state index in [1.165, 1.54) is 6.07 Å². The standard InChI is InChI=1S/C25H20O4/c26-21-11-9-15(13-23(21)28)25(16-10-12-22(27)24(29)14-16)19-7-3-1-5-17(19)18-6-2-4-8-20(18)25/h1-14,21,23,26-29H. The number of phenolic OH excluding ortho intramolecular Hbond substituents is 2. The molecule has 29 heavy (non-hydrogen) atoms. The van der Waals surface area contributed by atoms with Crippen LogP contribution in [0.1, 0.15) is 16.7 Å². The number of fused-ring (bicyclic) bond motifs is 3. The van der Waals surface area contributed by atoms with Gasteiger partial charge in [-0.15, -0.1) is 0 Å². The number of aliphatic hydroxyl groups excluding tert-OH is 2. The summed E-state index contributed by atoms with van der Waals surface area (Å²) in [6, 6.07) is 21.0. The molecular weight excluding hydrogens is 364 g/mol. The Morgan fingerprint density at radius 3 is 1.90 bits per heavy atom. The average Bonchev–Trinajstić information content (AvgIpc) is 3.04. The molecule has 144 valence electrons. The van der Waals surface area contributed by atoms with Gasteiger partial charge in [-0.25, -0.2) is 0 Å². The molecule has 5 rings (SSSR count). The molecule has 2 unspecified atom stereocenters. The molecule has 0 spiro atoms. The van der Waals surface area contributed by atoms with E-state index in [9.17, 15) is 20.4 Å². The summed E-state index contributed by atoms with van der Waals surface area (Å²) in [6.07, 6.45) is 3.10. The van der Waals surface area contributed by atoms with E-state index in [1.807, 2.05) is 42.5 Å². The lowest BCUT2D eigenvalue weighted by atomic mass is 9.66. The third-order valence-corrected chi connectivity index (χ3v) is 5.97. The highest BCUT2D eigenvalue weighted by Gasteiger charge is 2.47. The van der Waals surface area contributed by atoms with Crippen LogP contribution in [0.3, 0.4) is 0 Å². The Balaban J connectivity index is 1.92. The number of aromatic hydroxyl groups is 2. The van der Waals surface area contributed by atoms with Gasteiger partial charge < -0.3 is 20.4 Å². The molecule has 4 heteroatoms. The summed E-state index contributed by atoms with van der Waals surface area (Å²) >= 11 is 0. The van der Waals surface area contributed by atoms with Crippen molar-refractivity contribution in [3.63, 3.8) is 0 Å². The van der Waals surface area contributed by atoms with Crippen LogP contribution >= 0.6 is 0 Å². The van der Waals surface area contributed by atoms with Crippen LogP contribution in [0.2, 0.25) is 0 Å². The third kappa shape index (κ3) is 2.40. The van der Waals surface area contributed by atoms with Crippen LogP contribution < -0.4 is 0 Å². The molecule has 2 aliphatic rings. The first-order valence-electron chi connectivity index (χ1n) is 9.52. The molecule has 0 amide bonds. The van der Waals surface area contributed by atoms with Crippen LogP contribution in [0, 0.1) is 0 Å². The zero-order valence-corrected chi connectivity index (χ0v) is 15.5. The average molecular weight is 384 g/mol. The molecule has 0 saturated heterocycles. The normalized spacial score (nSPS) is 21.4. The van der Waals surface area contributed by atoms with Crippen molar-refractivity contribution in [1.82, 2.24) is 0 Å². The molecule has 4 nitrogen and oxygen atoms in total. The molecule has 0 radical (unpaired) electrons. The van der Waals surface area contributed by atoms with Crippen molar-refractivity contribution in [3.05, 3.63) is 107 Å². The molecule has 4 N–H and O–H groups in total. The fraction of sp³-hybridized carbons (Fsp3) is 0.120. The van der Waals surface area contributed by atoms with E-state index in [0.29, 0.717) is 0 Å². The van der Waals surface area contributed by atoms with Crippen LogP contribution in [0.5, 0.6) is 11.5 Å². The van der Waals surface area contributed by atoms with Crippen LogP contribution in [-0.4, -0.2) is 32.6 Å². The Kier molecular flexibility index (Phi) is 3.88. The molecule has 0 saturated carbocycles. The molecule has 2 atom stereocenters. The largest absolute Gasteiger partial charge is 0.504 e. The Morgan fingerprint density at radius 1 is 0.690 bits per heavy atom. The molecule has 0 fully saturated rings. The predicted molar refractivity (Wildman–Crippen MR) is 111 cm³/mol. The van der Waals surface area contributed by atoms with Gasteiger partial charge in [-0.05, 0) is 51.6 Å². The Labute approximate surface area is 168 Å². The van der Waals surface area contributed by atoms with Gasteiger partial charge >= 0.3 is 0 Å². The van der Waals surface area contributed by atoms with Crippen LogP contribution in [-0.2, 0) is 5.41 Å². The second-order valence-corrected chi connectivity index (χ2v) is 7.51. The van der Waals surface area contributed by atoms with Gasteiger partial charge in [-0.1, -0.05) is 66.7 Å². The molecule has 2 aliphatic carbocycles. The SMILES string of the molecule is Oc1ccc(C2(C3=CC(O)C(O)C=C3)c3ccccc3-c3ccccc32)cc1O. The maximum Gasteiger partial charge on any atom is 0.157 e. The minimum Gasteiger partial charge on any atom is -0.504 e. The van der Waals surface area contributed by atoms with E-state index in [-0.39, 0.29) is 11.5 Å². The summed E-state index contributed by atoms with van der Waals surface area (Å²) in [6.45, 7) is 0. The molecule has 0 bridgehead atoms. The second-order valence-electron chi connectivity index (χ2n) is 7.51. The fourth-order valence-corrected chi connectivity index (χ4v) is 4.68. The summed E-state index contributed by atoms with van der Waals surface area (Å²) in [7, 11) is 0. The number of rotatable bonds is 2. The zero-order valence-electron chi connectivity index (χ0n) is 15.5. The van der Waals surface area contributed by atoms with Crippen LogP contribution in [0.4, 0.5) is 0 Å². The van der Waals surface area contributed by atoms with Gasteiger partial charge in [0.25, 0.3) is 0 Å². The highest BCUT2D eigenvalue weighted by molar-refractivity contribution is 5.86. The fourth-order valence-electron chi connectivity index (χ4n) is 4.68. The molecule has 0 heterocycles. The highest BCUT2D eigenvalue weighted by atomic mass is 16.3. The topological polar surface area (TPSA) is 80.9 Å². The summed E-state index contributed by atoms with van der Waals surface area (Å²) in [5, 5.41) is 40.6. The van der Waals surface area contributed by atoms with E-state index in [0.717, 1.165) is 33.4 Å². The van der Waals surface area contributed by atoms with Crippen LogP contribution in [0.25, 0.3) is 11.1 Å². The van der Waals surface area contributed by atoms with E-state index >= 15 is 0 Å². The first-order valence-corrected chi connectivity index (χ1v) is 9.52. The molecule has 0 aromatic heterocycles. The quantitative estimate of drug-likeness (QED) is 0.509. The number of hydrogen-bond acceptors (Lipinski definition) is 4. The van der Waals surface area contributed by atoms with Gasteiger partial charge in [0.15, 0.2) is 11.5 Å². The lowest BCUT2D eigenvalue weighted by Gasteiger charge is -2.36. The van der Waals surface area contributed by atoms with Gasteiger partial charge in [0.1, 0.15) is 12.2 Å². The number of phenols is 2. The van der Waals surface area contributed by atoms with Crippen molar-refractivity contribution in [2.75, 3.05) is 0 Å². The zero-order chi connectivity index (χ0) is 20.2. The van der Waals surface area contributed by atoms with E-state index in [4.69, 9.17) is 0 Å². The summed E-state index contributed by atoms with van der Waals surface area (Å²) in [5.41, 5.74) is 4.96. The van der Waals surface area contributed by atoms with Crippen molar-refractivity contribution in [2.45, 2.75) is 17.6 Å². The first kappa shape index (κ1) is 17.7. The van der Waals surface area contributed by atoms with Gasteiger partial charge in [-0.2, -0.15) is 0 Å². The van der Waals surface area contributed by atoms with E-state index < -0.39 is 17.6 Å². The van der Waals surface area contributed by atoms with E-state index in [2.05, 4.69) is 12.1 Å². The Morgan fingerprint density at radius 2 is 1.31 bits per heavy atom. The second kappa shape index (κ2) is 6.34. The molecule has 3 aromatic carbocycles. The van der Waals surface area contributed by atoms with Crippen LogP contribution in [0.15, 0.2) is 90.5 Å². The number of benzene rings is 3. The molecule has 3 aromatic rings. The van der Waals surface area contributed by atoms with Gasteiger partial charge in [-0.3, -0.25) is 0 Å². The van der Waals surface area contributed by atoms with Crippen molar-refractivity contribution in [2.24, 2.45) is 0 Å². The number of hydrogen-bond donors (Lipinski definition) is 4. The van der Waals surface area contributed by atoms with Crippen molar-refractivity contribution >= 4 is 0 Å². The predicted octanol–water partition coefficient (Wildman–Crippen LogP) is 3.63. The monoisotopic (exact) mass is 384 g/mol. The first-order chi connectivity index (χ1) is 14.0. The molecular formula is C25H20O4. The smallest absolute Gasteiger partial charge is 0.157 e. The summed E-state index contributed by atoms with van der Waals surface area (Å²) in [5.74, 6) is -0.392.